The number of fused-ring (bicyclic) bond motifs is 1. The normalized spacial score (nSPS) is 20.0. The SMILES string of the molecule is Cc1ccc(=O)n(C2COCC2NC(=O)c2ccc3nsnc3c2)n1. The zero-order valence-corrected chi connectivity index (χ0v) is 14.2. The van der Waals surface area contributed by atoms with Crippen molar-refractivity contribution in [1.29, 1.82) is 0 Å². The number of carbonyl (C=O) groups excluding carboxylic acids is 1. The Morgan fingerprint density at radius 3 is 2.96 bits per heavy atom. The summed E-state index contributed by atoms with van der Waals surface area (Å²) in [6.45, 7) is 2.48. The van der Waals surface area contributed by atoms with Crippen molar-refractivity contribution >= 4 is 28.7 Å². The average molecular weight is 357 g/mol. The largest absolute Gasteiger partial charge is 0.377 e. The Labute approximate surface area is 146 Å². The molecule has 1 fully saturated rings. The highest BCUT2D eigenvalue weighted by Crippen LogP contribution is 2.19. The molecule has 9 heteroatoms. The van der Waals surface area contributed by atoms with Crippen molar-refractivity contribution in [3.63, 3.8) is 0 Å². The fourth-order valence-corrected chi connectivity index (χ4v) is 3.37. The van der Waals surface area contributed by atoms with Crippen molar-refractivity contribution in [3.8, 4) is 0 Å². The first kappa shape index (κ1) is 15.9. The van der Waals surface area contributed by atoms with Crippen LogP contribution in [0.5, 0.6) is 0 Å². The van der Waals surface area contributed by atoms with E-state index in [1.165, 1.54) is 10.7 Å². The van der Waals surface area contributed by atoms with Crippen LogP contribution >= 0.6 is 11.7 Å². The summed E-state index contributed by atoms with van der Waals surface area (Å²) in [7, 11) is 0. The third kappa shape index (κ3) is 3.03. The molecule has 1 N–H and O–H groups in total. The molecule has 3 heterocycles. The topological polar surface area (TPSA) is 99.0 Å². The van der Waals surface area contributed by atoms with Crippen molar-refractivity contribution in [3.05, 3.63) is 51.9 Å². The number of amides is 1. The van der Waals surface area contributed by atoms with E-state index < -0.39 is 0 Å². The Morgan fingerprint density at radius 2 is 2.08 bits per heavy atom. The lowest BCUT2D eigenvalue weighted by molar-refractivity contribution is 0.0924. The first-order chi connectivity index (χ1) is 12.1. The van der Waals surface area contributed by atoms with Crippen LogP contribution in [-0.4, -0.2) is 43.7 Å². The van der Waals surface area contributed by atoms with Gasteiger partial charge in [-0.2, -0.15) is 13.8 Å². The molecule has 1 aliphatic rings. The number of nitrogens with zero attached hydrogens (tertiary/aromatic N) is 4. The first-order valence-corrected chi connectivity index (χ1v) is 8.52. The summed E-state index contributed by atoms with van der Waals surface area (Å²) in [5.74, 6) is -0.240. The lowest BCUT2D eigenvalue weighted by atomic mass is 10.1. The minimum Gasteiger partial charge on any atom is -0.377 e. The molecule has 2 aromatic heterocycles. The quantitative estimate of drug-likeness (QED) is 0.749. The summed E-state index contributed by atoms with van der Waals surface area (Å²) >= 11 is 1.11. The molecule has 8 nitrogen and oxygen atoms in total. The highest BCUT2D eigenvalue weighted by Gasteiger charge is 2.32. The molecule has 128 valence electrons. The number of benzene rings is 1. The van der Waals surface area contributed by atoms with Gasteiger partial charge in [0.1, 0.15) is 17.1 Å². The average Bonchev–Trinajstić information content (AvgIpc) is 3.25. The molecule has 4 rings (SSSR count). The van der Waals surface area contributed by atoms with Crippen molar-refractivity contribution in [1.82, 2.24) is 23.8 Å². The van der Waals surface area contributed by atoms with Gasteiger partial charge in [0.2, 0.25) is 0 Å². The summed E-state index contributed by atoms with van der Waals surface area (Å²) in [5.41, 5.74) is 2.47. The maximum Gasteiger partial charge on any atom is 0.267 e. The van der Waals surface area contributed by atoms with Gasteiger partial charge in [0.25, 0.3) is 11.5 Å². The van der Waals surface area contributed by atoms with E-state index in [-0.39, 0.29) is 23.6 Å². The van der Waals surface area contributed by atoms with Gasteiger partial charge < -0.3 is 10.1 Å². The van der Waals surface area contributed by atoms with E-state index in [1.807, 2.05) is 6.92 Å². The van der Waals surface area contributed by atoms with Crippen molar-refractivity contribution < 1.29 is 9.53 Å². The number of ether oxygens (including phenoxy) is 1. The van der Waals surface area contributed by atoms with Gasteiger partial charge in [-0.15, -0.1) is 0 Å². The van der Waals surface area contributed by atoms with Crippen molar-refractivity contribution in [2.24, 2.45) is 0 Å². The molecular weight excluding hydrogens is 342 g/mol. The predicted molar refractivity (Wildman–Crippen MR) is 91.8 cm³/mol. The Morgan fingerprint density at radius 1 is 1.24 bits per heavy atom. The third-order valence-corrected chi connectivity index (χ3v) is 4.71. The molecule has 0 radical (unpaired) electrons. The second-order valence-electron chi connectivity index (χ2n) is 5.91. The van der Waals surface area contributed by atoms with Crippen molar-refractivity contribution in [2.75, 3.05) is 13.2 Å². The maximum atomic E-state index is 12.6. The van der Waals surface area contributed by atoms with E-state index >= 15 is 0 Å². The van der Waals surface area contributed by atoms with Crippen LogP contribution in [0.2, 0.25) is 0 Å². The standard InChI is InChI=1S/C16H15N5O3S/c1-9-2-5-15(22)21(18-9)14-8-24-7-13(14)17-16(23)10-3-4-11-12(6-10)20-25-19-11/h2-6,13-14H,7-8H2,1H3,(H,17,23). The van der Waals surface area contributed by atoms with Gasteiger partial charge in [-0.1, -0.05) is 0 Å². The van der Waals surface area contributed by atoms with Gasteiger partial charge in [0.15, 0.2) is 0 Å². The van der Waals surface area contributed by atoms with Crippen LogP contribution in [0, 0.1) is 6.92 Å². The van der Waals surface area contributed by atoms with Gasteiger partial charge in [-0.05, 0) is 31.2 Å². The summed E-state index contributed by atoms with van der Waals surface area (Å²) in [6.07, 6.45) is 0. The number of nitrogens with one attached hydrogen (secondary N) is 1. The monoisotopic (exact) mass is 357 g/mol. The van der Waals surface area contributed by atoms with Crippen LogP contribution in [0.25, 0.3) is 11.0 Å². The summed E-state index contributed by atoms with van der Waals surface area (Å²) in [5, 5.41) is 7.21. The highest BCUT2D eigenvalue weighted by molar-refractivity contribution is 7.00. The van der Waals surface area contributed by atoms with E-state index in [4.69, 9.17) is 4.74 Å². The summed E-state index contributed by atoms with van der Waals surface area (Å²) < 4.78 is 15.1. The lowest BCUT2D eigenvalue weighted by Crippen LogP contribution is -2.44. The highest BCUT2D eigenvalue weighted by atomic mass is 32.1. The van der Waals surface area contributed by atoms with Crippen molar-refractivity contribution in [2.45, 2.75) is 19.0 Å². The van der Waals surface area contributed by atoms with E-state index in [0.717, 1.165) is 22.9 Å². The van der Waals surface area contributed by atoms with Crippen LogP contribution in [0.3, 0.4) is 0 Å². The van der Waals surface area contributed by atoms with E-state index in [0.29, 0.717) is 24.3 Å². The maximum absolute atomic E-state index is 12.6. The van der Waals surface area contributed by atoms with Gasteiger partial charge in [0.05, 0.1) is 36.7 Å². The molecule has 1 aromatic carbocycles. The Bertz CT molecular complexity index is 999. The predicted octanol–water partition coefficient (Wildman–Crippen LogP) is 0.926. The molecule has 3 aromatic rings. The molecule has 1 amide bonds. The zero-order chi connectivity index (χ0) is 17.4. The molecular formula is C16H15N5O3S. The smallest absolute Gasteiger partial charge is 0.267 e. The molecule has 0 bridgehead atoms. The minimum atomic E-state index is -0.332. The van der Waals surface area contributed by atoms with E-state index in [2.05, 4.69) is 19.2 Å². The fraction of sp³-hybridized carbons (Fsp3) is 0.312. The van der Waals surface area contributed by atoms with E-state index in [9.17, 15) is 9.59 Å². The Hall–Kier alpha value is -2.65. The number of hydrogen-bond donors (Lipinski definition) is 1. The van der Waals surface area contributed by atoms with Crippen LogP contribution < -0.4 is 10.9 Å². The molecule has 0 spiro atoms. The fourth-order valence-electron chi connectivity index (χ4n) is 2.86. The van der Waals surface area contributed by atoms with Crippen LogP contribution in [0.4, 0.5) is 0 Å². The molecule has 1 aliphatic heterocycles. The Balaban J connectivity index is 1.57. The van der Waals surface area contributed by atoms with Gasteiger partial charge >= 0.3 is 0 Å². The lowest BCUT2D eigenvalue weighted by Gasteiger charge is -2.20. The third-order valence-electron chi connectivity index (χ3n) is 4.16. The number of carbonyl (C=O) groups is 1. The van der Waals surface area contributed by atoms with Crippen LogP contribution in [0.15, 0.2) is 35.1 Å². The molecule has 2 unspecified atom stereocenters. The number of aromatic nitrogens is 4. The molecule has 1 saturated heterocycles. The zero-order valence-electron chi connectivity index (χ0n) is 13.4. The van der Waals surface area contributed by atoms with Crippen LogP contribution in [-0.2, 0) is 4.74 Å². The second-order valence-corrected chi connectivity index (χ2v) is 6.44. The second kappa shape index (κ2) is 6.34. The molecule has 2 atom stereocenters. The summed E-state index contributed by atoms with van der Waals surface area (Å²) in [4.78, 5) is 24.7. The minimum absolute atomic E-state index is 0.213. The van der Waals surface area contributed by atoms with Gasteiger partial charge in [0, 0.05) is 11.6 Å². The first-order valence-electron chi connectivity index (χ1n) is 7.79. The number of hydrogen-bond acceptors (Lipinski definition) is 7. The Kier molecular flexibility index (Phi) is 4.02. The van der Waals surface area contributed by atoms with Crippen LogP contribution in [0.1, 0.15) is 22.1 Å². The number of aryl methyl sites for hydroxylation is 1. The molecule has 25 heavy (non-hydrogen) atoms. The van der Waals surface area contributed by atoms with Gasteiger partial charge in [-0.3, -0.25) is 9.59 Å². The molecule has 0 saturated carbocycles. The summed E-state index contributed by atoms with van der Waals surface area (Å²) in [6, 6.07) is 7.66. The number of rotatable bonds is 3. The van der Waals surface area contributed by atoms with E-state index in [1.54, 1.807) is 24.3 Å². The molecule has 0 aliphatic carbocycles. The van der Waals surface area contributed by atoms with Gasteiger partial charge in [-0.25, -0.2) is 4.68 Å².